The maximum atomic E-state index is 6.04. The summed E-state index contributed by atoms with van der Waals surface area (Å²) >= 11 is 3.71. The number of hydrogen-bond acceptors (Lipinski definition) is 2. The van der Waals surface area contributed by atoms with Crippen molar-refractivity contribution in [3.8, 4) is 0 Å². The zero-order chi connectivity index (χ0) is 15.5. The largest absolute Gasteiger partial charge is 0.375 e. The topological polar surface area (TPSA) is 21.3 Å². The van der Waals surface area contributed by atoms with Gasteiger partial charge in [-0.3, -0.25) is 0 Å². The molecule has 0 saturated carbocycles. The number of nitrogens with one attached hydrogen (secondary N) is 1. The highest BCUT2D eigenvalue weighted by atomic mass is 79.9. The first-order valence-corrected chi connectivity index (χ1v) is 8.79. The van der Waals surface area contributed by atoms with Crippen LogP contribution in [0.2, 0.25) is 0 Å². The van der Waals surface area contributed by atoms with Gasteiger partial charge in [0.2, 0.25) is 0 Å². The highest BCUT2D eigenvalue weighted by Gasteiger charge is 2.27. The van der Waals surface area contributed by atoms with Crippen molar-refractivity contribution in [2.24, 2.45) is 0 Å². The van der Waals surface area contributed by atoms with Crippen LogP contribution in [0.5, 0.6) is 0 Å². The summed E-state index contributed by atoms with van der Waals surface area (Å²) in [6.45, 7) is 9.83. The van der Waals surface area contributed by atoms with Gasteiger partial charge in [0, 0.05) is 16.6 Å². The molecule has 3 heteroatoms. The number of halogens is 1. The second-order valence-electron chi connectivity index (χ2n) is 7.23. The Kier molecular flexibility index (Phi) is 5.87. The quantitative estimate of drug-likeness (QED) is 0.814. The van der Waals surface area contributed by atoms with Gasteiger partial charge in [0.05, 0.1) is 12.2 Å². The highest BCUT2D eigenvalue weighted by molar-refractivity contribution is 9.10. The minimum Gasteiger partial charge on any atom is -0.375 e. The molecule has 0 bridgehead atoms. The molecule has 1 aliphatic rings. The van der Waals surface area contributed by atoms with E-state index in [1.54, 1.807) is 0 Å². The van der Waals surface area contributed by atoms with Gasteiger partial charge in [0.15, 0.2) is 0 Å². The molecule has 0 radical (unpaired) electrons. The van der Waals surface area contributed by atoms with Crippen molar-refractivity contribution in [3.05, 3.63) is 34.3 Å². The van der Waals surface area contributed by atoms with Gasteiger partial charge >= 0.3 is 0 Å². The fraction of sp³-hybridized carbons (Fsp3) is 0.667. The first kappa shape index (κ1) is 17.0. The lowest BCUT2D eigenvalue weighted by molar-refractivity contribution is 0.0462. The monoisotopic (exact) mass is 353 g/mol. The molecule has 1 N–H and O–H groups in total. The average molecular weight is 354 g/mol. The van der Waals surface area contributed by atoms with Gasteiger partial charge in [-0.2, -0.15) is 0 Å². The Hall–Kier alpha value is -0.380. The van der Waals surface area contributed by atoms with Crippen molar-refractivity contribution in [1.82, 2.24) is 5.32 Å². The lowest BCUT2D eigenvalue weighted by Crippen LogP contribution is -2.39. The van der Waals surface area contributed by atoms with Gasteiger partial charge in [0.1, 0.15) is 0 Å². The molecular formula is C18H28BrNO. The van der Waals surface area contributed by atoms with Crippen LogP contribution in [0, 0.1) is 0 Å². The molecule has 0 spiro atoms. The number of hydrogen-bond donors (Lipinski definition) is 1. The summed E-state index contributed by atoms with van der Waals surface area (Å²) in [7, 11) is 0. The van der Waals surface area contributed by atoms with E-state index in [9.17, 15) is 0 Å². The Morgan fingerprint density at radius 3 is 2.57 bits per heavy atom. The van der Waals surface area contributed by atoms with Gasteiger partial charge in [-0.15, -0.1) is 0 Å². The molecule has 1 fully saturated rings. The van der Waals surface area contributed by atoms with E-state index in [-0.39, 0.29) is 5.54 Å². The van der Waals surface area contributed by atoms with E-state index in [2.05, 4.69) is 73.2 Å². The van der Waals surface area contributed by atoms with Crippen molar-refractivity contribution >= 4 is 15.9 Å². The van der Waals surface area contributed by atoms with E-state index in [4.69, 9.17) is 4.74 Å². The smallest absolute Gasteiger partial charge is 0.0586 e. The number of rotatable bonds is 5. The van der Waals surface area contributed by atoms with Gasteiger partial charge in [-0.25, -0.2) is 0 Å². The van der Waals surface area contributed by atoms with Crippen molar-refractivity contribution < 1.29 is 4.74 Å². The molecule has 1 aliphatic heterocycles. The summed E-state index contributed by atoms with van der Waals surface area (Å²) in [5, 5.41) is 3.66. The molecule has 3 unspecified atom stereocenters. The lowest BCUT2D eigenvalue weighted by atomic mass is 9.91. The van der Waals surface area contributed by atoms with Crippen LogP contribution < -0.4 is 5.32 Å². The summed E-state index contributed by atoms with van der Waals surface area (Å²) in [5.41, 5.74) is 1.53. The second-order valence-corrected chi connectivity index (χ2v) is 8.09. The highest BCUT2D eigenvalue weighted by Crippen LogP contribution is 2.32. The molecule has 1 saturated heterocycles. The Balaban J connectivity index is 2.08. The van der Waals surface area contributed by atoms with Crippen LogP contribution in [0.1, 0.15) is 58.4 Å². The summed E-state index contributed by atoms with van der Waals surface area (Å²) in [5.74, 6) is 0.482. The predicted octanol–water partition coefficient (Wildman–Crippen LogP) is 4.88. The average Bonchev–Trinajstić information content (AvgIpc) is 2.80. The van der Waals surface area contributed by atoms with Gasteiger partial charge in [-0.05, 0) is 64.5 Å². The number of ether oxygens (including phenoxy) is 1. The fourth-order valence-electron chi connectivity index (χ4n) is 2.93. The normalized spacial score (nSPS) is 24.2. The van der Waals surface area contributed by atoms with Gasteiger partial charge in [0.25, 0.3) is 0 Å². The van der Waals surface area contributed by atoms with Crippen LogP contribution in [0.4, 0.5) is 0 Å². The maximum Gasteiger partial charge on any atom is 0.0586 e. The van der Waals surface area contributed by atoms with E-state index in [1.807, 2.05) is 0 Å². The molecule has 1 heterocycles. The molecule has 0 aromatic heterocycles. The standard InChI is InChI=1S/C18H28BrNO/c1-13-9-10-15(21-13)11-14(12-20-18(2,3)4)16-7-5-6-8-17(16)19/h5-8,13-15,20H,9-12H2,1-4H3. The summed E-state index contributed by atoms with van der Waals surface area (Å²) in [6, 6.07) is 8.58. The van der Waals surface area contributed by atoms with E-state index in [0.717, 1.165) is 13.0 Å². The third kappa shape index (κ3) is 5.39. The summed E-state index contributed by atoms with van der Waals surface area (Å²) < 4.78 is 7.25. The second kappa shape index (κ2) is 7.26. The first-order chi connectivity index (χ1) is 9.85. The van der Waals surface area contributed by atoms with E-state index >= 15 is 0 Å². The first-order valence-electron chi connectivity index (χ1n) is 8.00. The predicted molar refractivity (Wildman–Crippen MR) is 92.8 cm³/mol. The molecule has 3 atom stereocenters. The zero-order valence-electron chi connectivity index (χ0n) is 13.7. The Labute approximate surface area is 137 Å². The van der Waals surface area contributed by atoms with Gasteiger partial charge < -0.3 is 10.1 Å². The van der Waals surface area contributed by atoms with Crippen LogP contribution in [0.3, 0.4) is 0 Å². The van der Waals surface area contributed by atoms with Crippen LogP contribution in [0.25, 0.3) is 0 Å². The van der Waals surface area contributed by atoms with Crippen molar-refractivity contribution in [2.45, 2.75) is 70.6 Å². The Morgan fingerprint density at radius 1 is 1.29 bits per heavy atom. The van der Waals surface area contributed by atoms with E-state index < -0.39 is 0 Å². The van der Waals surface area contributed by atoms with Crippen LogP contribution in [-0.4, -0.2) is 24.3 Å². The molecule has 0 aliphatic carbocycles. The van der Waals surface area contributed by atoms with Crippen LogP contribution in [0.15, 0.2) is 28.7 Å². The minimum atomic E-state index is 0.142. The minimum absolute atomic E-state index is 0.142. The van der Waals surface area contributed by atoms with E-state index in [0.29, 0.717) is 18.1 Å². The van der Waals surface area contributed by atoms with Crippen molar-refractivity contribution in [3.63, 3.8) is 0 Å². The molecule has 1 aromatic carbocycles. The molecule has 118 valence electrons. The van der Waals surface area contributed by atoms with Crippen molar-refractivity contribution in [2.75, 3.05) is 6.54 Å². The third-order valence-corrected chi connectivity index (χ3v) is 4.81. The van der Waals surface area contributed by atoms with E-state index in [1.165, 1.54) is 22.9 Å². The van der Waals surface area contributed by atoms with Gasteiger partial charge in [-0.1, -0.05) is 34.1 Å². The van der Waals surface area contributed by atoms with Crippen LogP contribution >= 0.6 is 15.9 Å². The van der Waals surface area contributed by atoms with Crippen LogP contribution in [-0.2, 0) is 4.74 Å². The number of benzene rings is 1. The Bertz CT molecular complexity index is 455. The fourth-order valence-corrected chi connectivity index (χ4v) is 3.54. The molecule has 2 rings (SSSR count). The molecule has 1 aromatic rings. The Morgan fingerprint density at radius 2 is 2.00 bits per heavy atom. The summed E-state index contributed by atoms with van der Waals surface area (Å²) in [6.07, 6.45) is 4.30. The SMILES string of the molecule is CC1CCC(CC(CNC(C)(C)C)c2ccccc2Br)O1. The van der Waals surface area contributed by atoms with Crippen molar-refractivity contribution in [1.29, 1.82) is 0 Å². The molecule has 21 heavy (non-hydrogen) atoms. The maximum absolute atomic E-state index is 6.04. The molecule has 2 nitrogen and oxygen atoms in total. The molecule has 0 amide bonds. The summed E-state index contributed by atoms with van der Waals surface area (Å²) in [4.78, 5) is 0. The molecular weight excluding hydrogens is 326 g/mol. The zero-order valence-corrected chi connectivity index (χ0v) is 15.2. The lowest BCUT2D eigenvalue weighted by Gasteiger charge is -2.28. The third-order valence-electron chi connectivity index (χ3n) is 4.09.